The fraction of sp³-hybridized carbons (Fsp3) is 0.368. The van der Waals surface area contributed by atoms with Crippen molar-refractivity contribution in [1.82, 2.24) is 10.2 Å². The van der Waals surface area contributed by atoms with Gasteiger partial charge in [0.05, 0.1) is 10.8 Å². The van der Waals surface area contributed by atoms with E-state index in [0.29, 0.717) is 29.8 Å². The molecule has 0 saturated heterocycles. The number of ketones is 1. The predicted molar refractivity (Wildman–Crippen MR) is 96.9 cm³/mol. The Morgan fingerprint density at radius 3 is 2.73 bits per heavy atom. The van der Waals surface area contributed by atoms with E-state index in [-0.39, 0.29) is 21.8 Å². The lowest BCUT2D eigenvalue weighted by Crippen LogP contribution is -2.34. The molecule has 1 aromatic heterocycles. The number of H-pyrrole nitrogens is 1. The van der Waals surface area contributed by atoms with Gasteiger partial charge in [0.25, 0.3) is 5.69 Å². The Hall–Kier alpha value is -2.96. The number of Topliss-reactive ketones (excluding diaryl/α,β-unsaturated/α-hetero) is 1. The molecule has 0 fully saturated rings. The van der Waals surface area contributed by atoms with E-state index in [1.165, 1.54) is 6.07 Å². The summed E-state index contributed by atoms with van der Waals surface area (Å²) < 4.78 is 0. The maximum atomic E-state index is 13.1. The third-order valence-corrected chi connectivity index (χ3v) is 5.21. The van der Waals surface area contributed by atoms with Crippen LogP contribution in [0.4, 0.5) is 11.5 Å². The molecule has 4 rings (SSSR count). The summed E-state index contributed by atoms with van der Waals surface area (Å²) in [6, 6.07) is 6.65. The first-order valence-electron chi connectivity index (χ1n) is 8.60. The lowest BCUT2D eigenvalue weighted by atomic mass is 9.69. The van der Waals surface area contributed by atoms with Crippen molar-refractivity contribution in [2.75, 3.05) is 5.32 Å². The average Bonchev–Trinajstić information content (AvgIpc) is 2.92. The molecule has 0 spiro atoms. The van der Waals surface area contributed by atoms with Gasteiger partial charge < -0.3 is 5.32 Å². The zero-order valence-corrected chi connectivity index (χ0v) is 14.9. The standard InChI is InChI=1S/C19H20N4O3/c1-10-15-16(11-6-4-5-7-13(11)23(25)26)17-12(20-18(15)22-21-10)8-19(2,3)9-14(17)24/h4-7,16H,8-9H2,1-3H3,(H2,20,21,22)/t16-/m1/s1. The number of nitro benzene ring substituents is 1. The smallest absolute Gasteiger partial charge is 0.273 e. The van der Waals surface area contributed by atoms with E-state index < -0.39 is 5.92 Å². The molecule has 134 valence electrons. The molecule has 0 amide bonds. The number of aromatic amines is 1. The molecule has 2 aromatic rings. The van der Waals surface area contributed by atoms with Gasteiger partial charge in [-0.05, 0) is 18.8 Å². The highest BCUT2D eigenvalue weighted by Crippen LogP contribution is 2.50. The topological polar surface area (TPSA) is 101 Å². The summed E-state index contributed by atoms with van der Waals surface area (Å²) in [7, 11) is 0. The van der Waals surface area contributed by atoms with Crippen LogP contribution in [0.15, 0.2) is 35.5 Å². The molecule has 7 nitrogen and oxygen atoms in total. The van der Waals surface area contributed by atoms with Crippen molar-refractivity contribution in [1.29, 1.82) is 0 Å². The summed E-state index contributed by atoms with van der Waals surface area (Å²) in [6.45, 7) is 5.99. The first kappa shape index (κ1) is 16.5. The summed E-state index contributed by atoms with van der Waals surface area (Å²) >= 11 is 0. The monoisotopic (exact) mass is 352 g/mol. The quantitative estimate of drug-likeness (QED) is 0.632. The summed E-state index contributed by atoms with van der Waals surface area (Å²) in [4.78, 5) is 24.3. The van der Waals surface area contributed by atoms with Crippen molar-refractivity contribution < 1.29 is 9.72 Å². The predicted octanol–water partition coefficient (Wildman–Crippen LogP) is 3.83. The van der Waals surface area contributed by atoms with Crippen molar-refractivity contribution in [2.45, 2.75) is 39.5 Å². The van der Waals surface area contributed by atoms with Gasteiger partial charge in [-0.15, -0.1) is 0 Å². The number of aryl methyl sites for hydroxylation is 1. The normalized spacial score (nSPS) is 21.0. The summed E-state index contributed by atoms with van der Waals surface area (Å²) in [5.74, 6) is 0.207. The van der Waals surface area contributed by atoms with Gasteiger partial charge in [0.1, 0.15) is 0 Å². The maximum Gasteiger partial charge on any atom is 0.273 e. The molecule has 26 heavy (non-hydrogen) atoms. The Bertz CT molecular complexity index is 971. The summed E-state index contributed by atoms with van der Waals surface area (Å²) in [5.41, 5.74) is 3.48. The number of aromatic nitrogens is 2. The van der Waals surface area contributed by atoms with Crippen LogP contribution in [0.3, 0.4) is 0 Å². The van der Waals surface area contributed by atoms with Gasteiger partial charge in [0.15, 0.2) is 11.6 Å². The second kappa shape index (κ2) is 5.52. The molecule has 0 radical (unpaired) electrons. The zero-order chi connectivity index (χ0) is 18.6. The van der Waals surface area contributed by atoms with Crippen LogP contribution in [-0.4, -0.2) is 20.9 Å². The zero-order valence-electron chi connectivity index (χ0n) is 14.9. The lowest BCUT2D eigenvalue weighted by molar-refractivity contribution is -0.385. The summed E-state index contributed by atoms with van der Waals surface area (Å²) in [6.07, 6.45) is 1.13. The number of hydrogen-bond donors (Lipinski definition) is 2. The number of allylic oxidation sites excluding steroid dienone is 2. The molecule has 1 aliphatic heterocycles. The molecule has 1 aromatic carbocycles. The molecule has 1 aliphatic carbocycles. The van der Waals surface area contributed by atoms with Crippen molar-refractivity contribution in [3.05, 3.63) is 62.5 Å². The number of nitro groups is 1. The lowest BCUT2D eigenvalue weighted by Gasteiger charge is -2.38. The van der Waals surface area contributed by atoms with Gasteiger partial charge in [0, 0.05) is 40.6 Å². The van der Waals surface area contributed by atoms with Crippen LogP contribution < -0.4 is 5.32 Å². The van der Waals surface area contributed by atoms with E-state index >= 15 is 0 Å². The number of anilines is 1. The van der Waals surface area contributed by atoms with E-state index in [1.54, 1.807) is 18.2 Å². The number of nitrogens with one attached hydrogen (secondary N) is 2. The molecule has 0 saturated carbocycles. The van der Waals surface area contributed by atoms with Gasteiger partial charge >= 0.3 is 0 Å². The first-order valence-corrected chi connectivity index (χ1v) is 8.60. The highest BCUT2D eigenvalue weighted by atomic mass is 16.6. The number of para-hydroxylation sites is 1. The number of hydrogen-bond acceptors (Lipinski definition) is 5. The Balaban J connectivity index is 1.99. The van der Waals surface area contributed by atoms with E-state index in [9.17, 15) is 14.9 Å². The Morgan fingerprint density at radius 2 is 2.00 bits per heavy atom. The van der Waals surface area contributed by atoms with Crippen LogP contribution >= 0.6 is 0 Å². The first-order chi connectivity index (χ1) is 12.3. The van der Waals surface area contributed by atoms with Gasteiger partial charge in [0.2, 0.25) is 0 Å². The SMILES string of the molecule is Cc1[nH]nc2c1[C@@H](c1ccccc1[N+](=O)[O-])C1=C(CC(C)(C)CC1=O)N2. The van der Waals surface area contributed by atoms with Gasteiger partial charge in [-0.25, -0.2) is 0 Å². The Labute approximate surface area is 150 Å². The average molecular weight is 352 g/mol. The number of fused-ring (bicyclic) bond motifs is 1. The highest BCUT2D eigenvalue weighted by molar-refractivity contribution is 6.01. The minimum Gasteiger partial charge on any atom is -0.342 e. The fourth-order valence-corrected chi connectivity index (χ4v) is 4.16. The highest BCUT2D eigenvalue weighted by Gasteiger charge is 2.43. The second-order valence-corrected chi connectivity index (χ2v) is 7.82. The molecule has 0 bridgehead atoms. The van der Waals surface area contributed by atoms with Gasteiger partial charge in [-0.2, -0.15) is 5.10 Å². The fourth-order valence-electron chi connectivity index (χ4n) is 4.16. The van der Waals surface area contributed by atoms with Crippen molar-refractivity contribution in [3.8, 4) is 0 Å². The number of nitrogens with zero attached hydrogens (tertiary/aromatic N) is 2. The molecule has 2 N–H and O–H groups in total. The molecule has 7 heteroatoms. The maximum absolute atomic E-state index is 13.1. The molecule has 1 atom stereocenters. The third kappa shape index (κ3) is 2.42. The van der Waals surface area contributed by atoms with Crippen LogP contribution in [0.2, 0.25) is 0 Å². The second-order valence-electron chi connectivity index (χ2n) is 7.82. The van der Waals surface area contributed by atoms with Crippen LogP contribution in [0, 0.1) is 22.5 Å². The number of carbonyl (C=O) groups excluding carboxylic acids is 1. The van der Waals surface area contributed by atoms with Crippen molar-refractivity contribution >= 4 is 17.3 Å². The minimum absolute atomic E-state index is 0.0235. The Morgan fingerprint density at radius 1 is 1.27 bits per heavy atom. The van der Waals surface area contributed by atoms with E-state index in [4.69, 9.17) is 0 Å². The number of rotatable bonds is 2. The largest absolute Gasteiger partial charge is 0.342 e. The number of carbonyl (C=O) groups is 1. The van der Waals surface area contributed by atoms with E-state index in [2.05, 4.69) is 29.4 Å². The third-order valence-electron chi connectivity index (χ3n) is 5.21. The molecule has 2 heterocycles. The van der Waals surface area contributed by atoms with Crippen LogP contribution in [0.25, 0.3) is 0 Å². The molecular formula is C19H20N4O3. The molecule has 2 aliphatic rings. The van der Waals surface area contributed by atoms with Crippen molar-refractivity contribution in [3.63, 3.8) is 0 Å². The van der Waals surface area contributed by atoms with Crippen LogP contribution in [0.1, 0.15) is 49.4 Å². The van der Waals surface area contributed by atoms with E-state index in [0.717, 1.165) is 17.0 Å². The van der Waals surface area contributed by atoms with Crippen LogP contribution in [0.5, 0.6) is 0 Å². The number of benzene rings is 1. The van der Waals surface area contributed by atoms with Crippen molar-refractivity contribution in [2.24, 2.45) is 5.41 Å². The Kier molecular flexibility index (Phi) is 3.50. The molecule has 0 unspecified atom stereocenters. The van der Waals surface area contributed by atoms with Crippen LogP contribution in [-0.2, 0) is 4.79 Å². The summed E-state index contributed by atoms with van der Waals surface area (Å²) in [5, 5.41) is 22.2. The van der Waals surface area contributed by atoms with Gasteiger partial charge in [-0.1, -0.05) is 32.0 Å². The minimum atomic E-state index is -0.481. The van der Waals surface area contributed by atoms with E-state index in [1.807, 2.05) is 6.92 Å². The van der Waals surface area contributed by atoms with Gasteiger partial charge in [-0.3, -0.25) is 20.0 Å². The molecular weight excluding hydrogens is 332 g/mol.